The minimum atomic E-state index is 0.0185. The molecule has 0 radical (unpaired) electrons. The number of hydrazine groups is 1. The maximum atomic E-state index is 5.11. The van der Waals surface area contributed by atoms with Crippen LogP contribution in [-0.2, 0) is 0 Å². The van der Waals surface area contributed by atoms with Gasteiger partial charge in [0.05, 0.1) is 0 Å². The Morgan fingerprint density at radius 1 is 1.50 bits per heavy atom. The Balaban J connectivity index is 3.83. The zero-order chi connectivity index (χ0) is 6.73. The highest BCUT2D eigenvalue weighted by Gasteiger charge is 1.99. The second-order valence-electron chi connectivity index (χ2n) is 0.991. The molecule has 0 rings (SSSR count). The topological polar surface area (TPSA) is 55.3 Å². The lowest BCUT2D eigenvalue weighted by molar-refractivity contribution is 0.685. The van der Waals surface area contributed by atoms with E-state index in [0.29, 0.717) is 0 Å². The van der Waals surface area contributed by atoms with E-state index < -0.39 is 0 Å². The molecule has 0 aromatic carbocycles. The highest BCUT2D eigenvalue weighted by Crippen LogP contribution is 1.86. The minimum Gasteiger partial charge on any atom is -0.375 e. The quantitative estimate of drug-likeness (QED) is 0.199. The standard InChI is InChI=1S/C2H5N3S3/c3-1(6)5(4)2(7)8/h4H2,(H2,3,6)(H,7,8). The van der Waals surface area contributed by atoms with Crippen LogP contribution < -0.4 is 11.6 Å². The summed E-state index contributed by atoms with van der Waals surface area (Å²) in [4.78, 5) is 0. The summed E-state index contributed by atoms with van der Waals surface area (Å²) in [6, 6.07) is 0. The molecule has 0 aliphatic carbocycles. The number of nitrogens with zero attached hydrogens (tertiary/aromatic N) is 1. The van der Waals surface area contributed by atoms with Gasteiger partial charge in [0.25, 0.3) is 0 Å². The van der Waals surface area contributed by atoms with Crippen LogP contribution in [0.4, 0.5) is 0 Å². The monoisotopic (exact) mass is 167 g/mol. The van der Waals surface area contributed by atoms with E-state index in [4.69, 9.17) is 11.6 Å². The third-order valence-electron chi connectivity index (χ3n) is 0.444. The van der Waals surface area contributed by atoms with Gasteiger partial charge in [-0.2, -0.15) is 0 Å². The lowest BCUT2D eigenvalue weighted by Gasteiger charge is -2.11. The van der Waals surface area contributed by atoms with Crippen LogP contribution >= 0.6 is 37.1 Å². The SMILES string of the molecule is NC(=S)N(N)C(=S)S. The molecule has 0 fully saturated rings. The minimum absolute atomic E-state index is 0.0185. The molecule has 0 saturated carbocycles. The van der Waals surface area contributed by atoms with Crippen molar-refractivity contribution < 1.29 is 0 Å². The zero-order valence-electron chi connectivity index (χ0n) is 3.87. The fourth-order valence-corrected chi connectivity index (χ4v) is 0.517. The Morgan fingerprint density at radius 2 is 1.88 bits per heavy atom. The third-order valence-corrected chi connectivity index (χ3v) is 1.05. The maximum absolute atomic E-state index is 5.11. The van der Waals surface area contributed by atoms with Crippen LogP contribution in [0.3, 0.4) is 0 Å². The number of hydrogen-bond donors (Lipinski definition) is 3. The van der Waals surface area contributed by atoms with E-state index in [-0.39, 0.29) is 9.43 Å². The first-order chi connectivity index (χ1) is 3.55. The van der Waals surface area contributed by atoms with E-state index in [1.54, 1.807) is 0 Å². The second kappa shape index (κ2) is 3.18. The Morgan fingerprint density at radius 3 is 1.88 bits per heavy atom. The Hall–Kier alpha value is 0.0900. The van der Waals surface area contributed by atoms with Gasteiger partial charge >= 0.3 is 0 Å². The molecule has 0 unspecified atom stereocenters. The van der Waals surface area contributed by atoms with Crippen LogP contribution in [0.25, 0.3) is 0 Å². The third kappa shape index (κ3) is 2.41. The summed E-state index contributed by atoms with van der Waals surface area (Å²) in [6.07, 6.45) is 0. The van der Waals surface area contributed by atoms with Gasteiger partial charge in [0.15, 0.2) is 9.43 Å². The van der Waals surface area contributed by atoms with Gasteiger partial charge in [-0.05, 0) is 12.2 Å². The highest BCUT2D eigenvalue weighted by molar-refractivity contribution is 8.11. The lowest BCUT2D eigenvalue weighted by Crippen LogP contribution is -2.42. The maximum Gasteiger partial charge on any atom is 0.186 e. The molecular formula is C2H5N3S3. The van der Waals surface area contributed by atoms with E-state index in [9.17, 15) is 0 Å². The smallest absolute Gasteiger partial charge is 0.186 e. The average molecular weight is 167 g/mol. The van der Waals surface area contributed by atoms with Gasteiger partial charge in [-0.1, -0.05) is 12.2 Å². The molecule has 0 aromatic heterocycles. The van der Waals surface area contributed by atoms with Crippen molar-refractivity contribution in [1.82, 2.24) is 5.01 Å². The highest BCUT2D eigenvalue weighted by atomic mass is 32.1. The zero-order valence-corrected chi connectivity index (χ0v) is 6.39. The van der Waals surface area contributed by atoms with Crippen molar-refractivity contribution in [3.8, 4) is 0 Å². The summed E-state index contributed by atoms with van der Waals surface area (Å²) in [5.74, 6) is 5.11. The number of thiocarbonyl (C=S) groups is 2. The van der Waals surface area contributed by atoms with Gasteiger partial charge in [-0.15, -0.1) is 12.6 Å². The van der Waals surface area contributed by atoms with Crippen molar-refractivity contribution in [1.29, 1.82) is 0 Å². The summed E-state index contributed by atoms with van der Waals surface area (Å²) in [6.45, 7) is 0. The molecule has 8 heavy (non-hydrogen) atoms. The first-order valence-electron chi connectivity index (χ1n) is 1.63. The van der Waals surface area contributed by atoms with Crippen LogP contribution in [0.1, 0.15) is 0 Å². The molecule has 6 heteroatoms. The molecule has 0 atom stereocenters. The summed E-state index contributed by atoms with van der Waals surface area (Å²) in [7, 11) is 0. The van der Waals surface area contributed by atoms with Crippen LogP contribution in [0.15, 0.2) is 0 Å². The molecule has 0 heterocycles. The Labute approximate surface area is 63.4 Å². The molecular weight excluding hydrogens is 162 g/mol. The van der Waals surface area contributed by atoms with Crippen LogP contribution in [0, 0.1) is 0 Å². The van der Waals surface area contributed by atoms with Crippen molar-refractivity contribution in [2.24, 2.45) is 11.6 Å². The van der Waals surface area contributed by atoms with E-state index in [1.807, 2.05) is 0 Å². The molecule has 0 spiro atoms. The van der Waals surface area contributed by atoms with Crippen molar-refractivity contribution in [3.05, 3.63) is 0 Å². The van der Waals surface area contributed by atoms with Gasteiger partial charge in [-0.25, -0.2) is 10.9 Å². The van der Waals surface area contributed by atoms with E-state index in [1.165, 1.54) is 0 Å². The number of thiol groups is 1. The summed E-state index contributed by atoms with van der Waals surface area (Å²) in [5.41, 5.74) is 5.03. The largest absolute Gasteiger partial charge is 0.375 e. The van der Waals surface area contributed by atoms with Gasteiger partial charge in [0, 0.05) is 0 Å². The molecule has 0 aromatic rings. The summed E-state index contributed by atoms with van der Waals surface area (Å²) >= 11 is 12.6. The average Bonchev–Trinajstić information content (AvgIpc) is 1.64. The van der Waals surface area contributed by atoms with Gasteiger partial charge in [0.1, 0.15) is 0 Å². The van der Waals surface area contributed by atoms with Gasteiger partial charge in [0.2, 0.25) is 0 Å². The molecule has 0 bridgehead atoms. The van der Waals surface area contributed by atoms with Crippen LogP contribution in [0.5, 0.6) is 0 Å². The second-order valence-corrected chi connectivity index (χ2v) is 2.52. The van der Waals surface area contributed by atoms with Crippen molar-refractivity contribution >= 4 is 46.5 Å². The van der Waals surface area contributed by atoms with E-state index >= 15 is 0 Å². The van der Waals surface area contributed by atoms with E-state index in [2.05, 4.69) is 37.1 Å². The molecule has 0 aliphatic heterocycles. The first-order valence-corrected chi connectivity index (χ1v) is 2.89. The van der Waals surface area contributed by atoms with E-state index in [0.717, 1.165) is 5.01 Å². The Bertz CT molecular complexity index is 108. The molecule has 0 aliphatic rings. The van der Waals surface area contributed by atoms with Gasteiger partial charge < -0.3 is 5.73 Å². The Kier molecular flexibility index (Phi) is 3.22. The predicted octanol–water partition coefficient (Wildman–Crippen LogP) is -0.380. The number of rotatable bonds is 0. The fourth-order valence-electron chi connectivity index (χ4n) is 0.0943. The normalized spacial score (nSPS) is 8.25. The van der Waals surface area contributed by atoms with Crippen molar-refractivity contribution in [2.45, 2.75) is 0 Å². The van der Waals surface area contributed by atoms with Crippen molar-refractivity contribution in [2.75, 3.05) is 0 Å². The summed E-state index contributed by atoms with van der Waals surface area (Å²) in [5, 5.41) is 0.957. The van der Waals surface area contributed by atoms with Crippen molar-refractivity contribution in [3.63, 3.8) is 0 Å². The first kappa shape index (κ1) is 8.09. The van der Waals surface area contributed by atoms with Gasteiger partial charge in [-0.3, -0.25) is 0 Å². The molecule has 0 saturated heterocycles. The molecule has 46 valence electrons. The fraction of sp³-hybridized carbons (Fsp3) is 0. The summed E-state index contributed by atoms with van der Waals surface area (Å²) < 4.78 is 0.164. The molecule has 0 amide bonds. The lowest BCUT2D eigenvalue weighted by atomic mass is 11.0. The molecule has 3 nitrogen and oxygen atoms in total. The van der Waals surface area contributed by atoms with Crippen LogP contribution in [0.2, 0.25) is 0 Å². The molecule has 4 N–H and O–H groups in total. The van der Waals surface area contributed by atoms with Crippen LogP contribution in [-0.4, -0.2) is 14.4 Å². The predicted molar refractivity (Wildman–Crippen MR) is 44.4 cm³/mol. The number of nitrogens with two attached hydrogens (primary N) is 2. The number of hydrogen-bond acceptors (Lipinski definition) is 3.